The summed E-state index contributed by atoms with van der Waals surface area (Å²) in [6.45, 7) is 7.21. The van der Waals surface area contributed by atoms with Crippen molar-refractivity contribution in [1.82, 2.24) is 14.7 Å². The van der Waals surface area contributed by atoms with Crippen molar-refractivity contribution in [3.63, 3.8) is 0 Å². The zero-order chi connectivity index (χ0) is 22.8. The predicted octanol–water partition coefficient (Wildman–Crippen LogP) is 4.63. The van der Waals surface area contributed by atoms with Crippen LogP contribution in [-0.4, -0.2) is 65.3 Å². The van der Waals surface area contributed by atoms with Gasteiger partial charge in [-0.25, -0.2) is 0 Å². The lowest BCUT2D eigenvalue weighted by molar-refractivity contribution is -0.186. The summed E-state index contributed by atoms with van der Waals surface area (Å²) < 4.78 is 0. The molecule has 4 fully saturated rings. The van der Waals surface area contributed by atoms with Crippen LogP contribution in [0.4, 0.5) is 0 Å². The fourth-order valence-electron chi connectivity index (χ4n) is 7.13. The van der Waals surface area contributed by atoms with Gasteiger partial charge in [-0.2, -0.15) is 0 Å². The van der Waals surface area contributed by atoms with Gasteiger partial charge >= 0.3 is 0 Å². The Kier molecular flexibility index (Phi) is 6.78. The molecule has 2 amide bonds. The minimum Gasteiger partial charge on any atom is -0.343 e. The Labute approximate surface area is 199 Å². The van der Waals surface area contributed by atoms with Crippen LogP contribution in [0.15, 0.2) is 30.3 Å². The molecule has 1 aromatic carbocycles. The lowest BCUT2D eigenvalue weighted by Crippen LogP contribution is -2.67. The molecule has 1 saturated carbocycles. The third kappa shape index (κ3) is 4.34. The van der Waals surface area contributed by atoms with Crippen molar-refractivity contribution in [2.75, 3.05) is 32.7 Å². The van der Waals surface area contributed by atoms with Gasteiger partial charge in [0.05, 0.1) is 11.5 Å². The lowest BCUT2D eigenvalue weighted by Gasteiger charge is -2.61. The van der Waals surface area contributed by atoms with Crippen molar-refractivity contribution >= 4 is 11.8 Å². The quantitative estimate of drug-likeness (QED) is 0.613. The van der Waals surface area contributed by atoms with Gasteiger partial charge in [0, 0.05) is 25.6 Å². The number of benzene rings is 1. The predicted molar refractivity (Wildman–Crippen MR) is 131 cm³/mol. The Morgan fingerprint density at radius 1 is 0.939 bits per heavy atom. The first kappa shape index (κ1) is 22.9. The molecule has 3 aliphatic heterocycles. The van der Waals surface area contributed by atoms with Crippen molar-refractivity contribution in [2.45, 2.75) is 83.2 Å². The van der Waals surface area contributed by atoms with E-state index >= 15 is 0 Å². The van der Waals surface area contributed by atoms with Gasteiger partial charge in [0.2, 0.25) is 11.8 Å². The Morgan fingerprint density at radius 2 is 1.61 bits per heavy atom. The SMILES string of the molecule is CCN1CCC(CC(=O)N2CCC(N3C(=O)C4(CCCCC4)C3c3ccccc3)CC2)CC1. The van der Waals surface area contributed by atoms with E-state index in [1.807, 2.05) is 0 Å². The van der Waals surface area contributed by atoms with Gasteiger partial charge in [-0.05, 0) is 69.6 Å². The Hall–Kier alpha value is -1.88. The summed E-state index contributed by atoms with van der Waals surface area (Å²) >= 11 is 0. The van der Waals surface area contributed by atoms with Gasteiger partial charge in [0.15, 0.2) is 0 Å². The fourth-order valence-corrected chi connectivity index (χ4v) is 7.13. The molecule has 33 heavy (non-hydrogen) atoms. The molecule has 5 nitrogen and oxygen atoms in total. The maximum Gasteiger partial charge on any atom is 0.232 e. The molecule has 3 saturated heterocycles. The molecule has 0 aromatic heterocycles. The number of likely N-dealkylation sites (tertiary alicyclic amines) is 3. The number of hydrogen-bond donors (Lipinski definition) is 0. The Balaban J connectivity index is 1.20. The van der Waals surface area contributed by atoms with Crippen LogP contribution in [-0.2, 0) is 9.59 Å². The van der Waals surface area contributed by atoms with Crippen LogP contribution in [0.3, 0.4) is 0 Å². The van der Waals surface area contributed by atoms with E-state index in [1.165, 1.54) is 24.8 Å². The van der Waals surface area contributed by atoms with Crippen molar-refractivity contribution in [2.24, 2.45) is 11.3 Å². The molecule has 180 valence electrons. The van der Waals surface area contributed by atoms with Crippen molar-refractivity contribution in [1.29, 1.82) is 0 Å². The van der Waals surface area contributed by atoms with E-state index in [0.29, 0.717) is 24.2 Å². The molecule has 4 aliphatic rings. The second-order valence-electron chi connectivity index (χ2n) is 10.9. The second kappa shape index (κ2) is 9.77. The van der Waals surface area contributed by atoms with Crippen LogP contribution in [0.5, 0.6) is 0 Å². The molecule has 1 aliphatic carbocycles. The van der Waals surface area contributed by atoms with Crippen LogP contribution in [0.2, 0.25) is 0 Å². The summed E-state index contributed by atoms with van der Waals surface area (Å²) in [5, 5.41) is 0. The number of nitrogens with zero attached hydrogens (tertiary/aromatic N) is 3. The van der Waals surface area contributed by atoms with E-state index in [2.05, 4.69) is 52.0 Å². The number of piperidine rings is 2. The molecular weight excluding hydrogens is 410 g/mol. The van der Waals surface area contributed by atoms with E-state index in [4.69, 9.17) is 0 Å². The highest BCUT2D eigenvalue weighted by Gasteiger charge is 2.62. The number of carbonyl (C=O) groups is 2. The summed E-state index contributed by atoms with van der Waals surface area (Å²) in [6, 6.07) is 11.2. The van der Waals surface area contributed by atoms with Crippen LogP contribution in [0.1, 0.15) is 82.7 Å². The summed E-state index contributed by atoms with van der Waals surface area (Å²) in [6.07, 6.45) is 10.5. The molecule has 1 atom stereocenters. The third-order valence-electron chi connectivity index (χ3n) is 9.15. The number of hydrogen-bond acceptors (Lipinski definition) is 3. The smallest absolute Gasteiger partial charge is 0.232 e. The fraction of sp³-hybridized carbons (Fsp3) is 0.714. The monoisotopic (exact) mass is 451 g/mol. The van der Waals surface area contributed by atoms with E-state index in [1.54, 1.807) is 0 Å². The lowest BCUT2D eigenvalue weighted by atomic mass is 9.59. The molecule has 0 N–H and O–H groups in total. The van der Waals surface area contributed by atoms with Crippen LogP contribution >= 0.6 is 0 Å². The van der Waals surface area contributed by atoms with Crippen LogP contribution in [0.25, 0.3) is 0 Å². The third-order valence-corrected chi connectivity index (χ3v) is 9.15. The standard InChI is InChI=1S/C28H41N3O2/c1-2-29-17-11-22(12-18-29)21-25(32)30-19-13-24(14-20-30)31-26(23-9-5-3-6-10-23)28(27(31)33)15-7-4-8-16-28/h3,5-6,9-10,22,24,26H,2,4,7-8,11-21H2,1H3. The maximum atomic E-state index is 13.6. The number of β-lactam (4-membered cyclic amide) rings is 1. The minimum absolute atomic E-state index is 0.167. The van der Waals surface area contributed by atoms with Crippen molar-refractivity contribution in [3.05, 3.63) is 35.9 Å². The van der Waals surface area contributed by atoms with Crippen LogP contribution < -0.4 is 0 Å². The topological polar surface area (TPSA) is 43.9 Å². The van der Waals surface area contributed by atoms with Gasteiger partial charge in [-0.15, -0.1) is 0 Å². The number of rotatable bonds is 5. The maximum absolute atomic E-state index is 13.6. The second-order valence-corrected chi connectivity index (χ2v) is 10.9. The average Bonchev–Trinajstić information content (AvgIpc) is 2.88. The highest BCUT2D eigenvalue weighted by Crippen LogP contribution is 2.59. The first-order chi connectivity index (χ1) is 16.1. The zero-order valence-corrected chi connectivity index (χ0v) is 20.4. The molecule has 1 spiro atoms. The summed E-state index contributed by atoms with van der Waals surface area (Å²) in [5.41, 5.74) is 1.14. The summed E-state index contributed by atoms with van der Waals surface area (Å²) in [7, 11) is 0. The largest absolute Gasteiger partial charge is 0.343 e. The normalized spacial score (nSPS) is 27.1. The van der Waals surface area contributed by atoms with Gasteiger partial charge in [-0.3, -0.25) is 9.59 Å². The van der Waals surface area contributed by atoms with Gasteiger partial charge < -0.3 is 14.7 Å². The molecule has 5 heteroatoms. The Morgan fingerprint density at radius 3 is 2.24 bits per heavy atom. The van der Waals surface area contributed by atoms with E-state index in [9.17, 15) is 9.59 Å². The van der Waals surface area contributed by atoms with Crippen molar-refractivity contribution in [3.8, 4) is 0 Å². The molecule has 1 unspecified atom stereocenters. The van der Waals surface area contributed by atoms with Gasteiger partial charge in [0.25, 0.3) is 0 Å². The first-order valence-electron chi connectivity index (χ1n) is 13.5. The minimum atomic E-state index is -0.167. The molecule has 1 aromatic rings. The number of carbonyl (C=O) groups excluding carboxylic acids is 2. The molecule has 0 bridgehead atoms. The Bertz CT molecular complexity index is 819. The van der Waals surface area contributed by atoms with E-state index in [0.717, 1.165) is 71.2 Å². The number of amides is 2. The summed E-state index contributed by atoms with van der Waals surface area (Å²) in [5.74, 6) is 1.27. The molecule has 5 rings (SSSR count). The van der Waals surface area contributed by atoms with Crippen LogP contribution in [0, 0.1) is 11.3 Å². The molecule has 0 radical (unpaired) electrons. The van der Waals surface area contributed by atoms with Gasteiger partial charge in [-0.1, -0.05) is 56.5 Å². The zero-order valence-electron chi connectivity index (χ0n) is 20.4. The molecule has 3 heterocycles. The molecular formula is C28H41N3O2. The van der Waals surface area contributed by atoms with Gasteiger partial charge in [0.1, 0.15) is 0 Å². The van der Waals surface area contributed by atoms with Crippen molar-refractivity contribution < 1.29 is 9.59 Å². The average molecular weight is 452 g/mol. The van der Waals surface area contributed by atoms with E-state index in [-0.39, 0.29) is 17.5 Å². The summed E-state index contributed by atoms with van der Waals surface area (Å²) in [4.78, 5) is 33.4. The highest BCUT2D eigenvalue weighted by atomic mass is 16.2. The first-order valence-corrected chi connectivity index (χ1v) is 13.5. The highest BCUT2D eigenvalue weighted by molar-refractivity contribution is 5.91. The van der Waals surface area contributed by atoms with E-state index < -0.39 is 0 Å².